The Morgan fingerprint density at radius 2 is 1.58 bits per heavy atom. The van der Waals surface area contributed by atoms with Gasteiger partial charge in [-0.1, -0.05) is 60.7 Å². The molecule has 1 unspecified atom stereocenters. The summed E-state index contributed by atoms with van der Waals surface area (Å²) in [5.74, 6) is -1.96. The summed E-state index contributed by atoms with van der Waals surface area (Å²) in [7, 11) is 0. The van der Waals surface area contributed by atoms with Crippen molar-refractivity contribution in [3.05, 3.63) is 113 Å². The predicted molar refractivity (Wildman–Crippen MR) is 128 cm³/mol. The number of amides is 1. The van der Waals surface area contributed by atoms with Crippen LogP contribution >= 0.6 is 0 Å². The summed E-state index contributed by atoms with van der Waals surface area (Å²) in [6.45, 7) is 1.94. The molecule has 0 saturated heterocycles. The van der Waals surface area contributed by atoms with Gasteiger partial charge in [-0.25, -0.2) is 9.38 Å². The standard InChI is InChI=1S/C27H20F4N4O/c1-17-16-34(20-12-13-21(22(28)14-20)27(29,30)31)26(36)25-23(15-32-35(17)25)33-24(18-8-4-2-5-9-18)19-10-6-3-7-11-19/h2-15,17H,16H2,1H3. The van der Waals surface area contributed by atoms with E-state index in [0.29, 0.717) is 17.5 Å². The SMILES string of the molecule is CC1CN(c2ccc(C(F)(F)F)c(F)c2)C(=O)c2c(N=C(c3ccccc3)c3ccccc3)cnn21. The molecule has 5 rings (SSSR count). The van der Waals surface area contributed by atoms with E-state index in [1.54, 1.807) is 4.68 Å². The van der Waals surface area contributed by atoms with Gasteiger partial charge in [0.05, 0.1) is 23.5 Å². The van der Waals surface area contributed by atoms with E-state index < -0.39 is 23.5 Å². The topological polar surface area (TPSA) is 50.5 Å². The zero-order valence-corrected chi connectivity index (χ0v) is 19.1. The highest BCUT2D eigenvalue weighted by Gasteiger charge is 2.37. The zero-order valence-electron chi connectivity index (χ0n) is 19.1. The molecule has 1 aliphatic heterocycles. The average molecular weight is 492 g/mol. The first kappa shape index (κ1) is 23.5. The van der Waals surface area contributed by atoms with Gasteiger partial charge in [0.15, 0.2) is 5.69 Å². The third-order valence-electron chi connectivity index (χ3n) is 5.98. The molecule has 1 amide bonds. The van der Waals surface area contributed by atoms with Gasteiger partial charge >= 0.3 is 6.18 Å². The van der Waals surface area contributed by atoms with Gasteiger partial charge in [-0.15, -0.1) is 0 Å². The fraction of sp³-hybridized carbons (Fsp3) is 0.148. The highest BCUT2D eigenvalue weighted by Crippen LogP contribution is 2.36. The molecule has 1 atom stereocenters. The van der Waals surface area contributed by atoms with E-state index in [9.17, 15) is 22.4 Å². The number of aliphatic imine (C=N–C) groups is 1. The maximum absolute atomic E-state index is 14.3. The minimum Gasteiger partial charge on any atom is -0.305 e. The summed E-state index contributed by atoms with van der Waals surface area (Å²) in [5, 5.41) is 4.36. The number of anilines is 1. The van der Waals surface area contributed by atoms with Gasteiger partial charge in [0.1, 0.15) is 11.5 Å². The molecule has 36 heavy (non-hydrogen) atoms. The van der Waals surface area contributed by atoms with E-state index in [-0.39, 0.29) is 24.0 Å². The number of halogens is 4. The van der Waals surface area contributed by atoms with Gasteiger partial charge in [-0.05, 0) is 25.1 Å². The van der Waals surface area contributed by atoms with Gasteiger partial charge in [0.25, 0.3) is 5.91 Å². The van der Waals surface area contributed by atoms with E-state index >= 15 is 0 Å². The minimum atomic E-state index is -4.83. The van der Waals surface area contributed by atoms with Crippen LogP contribution in [-0.2, 0) is 6.18 Å². The van der Waals surface area contributed by atoms with Crippen LogP contribution in [0.25, 0.3) is 0 Å². The van der Waals surface area contributed by atoms with Crippen LogP contribution in [0, 0.1) is 5.82 Å². The van der Waals surface area contributed by atoms with Crippen molar-refractivity contribution in [2.75, 3.05) is 11.4 Å². The van der Waals surface area contributed by atoms with E-state index in [1.807, 2.05) is 67.6 Å². The normalized spacial score (nSPS) is 15.5. The Labute approximate surface area is 204 Å². The van der Waals surface area contributed by atoms with Crippen LogP contribution in [0.15, 0.2) is 90.1 Å². The van der Waals surface area contributed by atoms with E-state index in [4.69, 9.17) is 4.99 Å². The van der Waals surface area contributed by atoms with Gasteiger partial charge in [0.2, 0.25) is 0 Å². The molecule has 1 aromatic heterocycles. The number of hydrogen-bond donors (Lipinski definition) is 0. The molecule has 4 aromatic rings. The van der Waals surface area contributed by atoms with Crippen LogP contribution < -0.4 is 4.90 Å². The number of carbonyl (C=O) groups is 1. The number of rotatable bonds is 4. The van der Waals surface area contributed by atoms with Crippen molar-refractivity contribution in [2.45, 2.75) is 19.1 Å². The average Bonchev–Trinajstić information content (AvgIpc) is 3.30. The predicted octanol–water partition coefficient (Wildman–Crippen LogP) is 6.43. The molecule has 0 saturated carbocycles. The number of carbonyl (C=O) groups excluding carboxylic acids is 1. The number of hydrogen-bond acceptors (Lipinski definition) is 3. The molecule has 182 valence electrons. The Bertz CT molecular complexity index is 1400. The van der Waals surface area contributed by atoms with Crippen molar-refractivity contribution in [1.29, 1.82) is 0 Å². The molecule has 0 spiro atoms. The smallest absolute Gasteiger partial charge is 0.305 e. The van der Waals surface area contributed by atoms with Crippen LogP contribution in [0.3, 0.4) is 0 Å². The monoisotopic (exact) mass is 492 g/mol. The number of benzene rings is 3. The molecule has 9 heteroatoms. The Kier molecular flexibility index (Phi) is 5.91. The summed E-state index contributed by atoms with van der Waals surface area (Å²) in [6, 6.07) is 21.1. The van der Waals surface area contributed by atoms with Crippen LogP contribution in [-0.4, -0.2) is 27.9 Å². The van der Waals surface area contributed by atoms with Gasteiger partial charge in [0, 0.05) is 23.4 Å². The molecule has 5 nitrogen and oxygen atoms in total. The molecule has 0 bridgehead atoms. The summed E-state index contributed by atoms with van der Waals surface area (Å²) in [4.78, 5) is 19.6. The van der Waals surface area contributed by atoms with E-state index in [2.05, 4.69) is 5.10 Å². The van der Waals surface area contributed by atoms with Crippen molar-refractivity contribution in [3.63, 3.8) is 0 Å². The van der Waals surface area contributed by atoms with Crippen molar-refractivity contribution in [1.82, 2.24) is 9.78 Å². The summed E-state index contributed by atoms with van der Waals surface area (Å²) < 4.78 is 54.9. The third-order valence-corrected chi connectivity index (χ3v) is 5.98. The van der Waals surface area contributed by atoms with E-state index in [1.165, 1.54) is 11.1 Å². The van der Waals surface area contributed by atoms with Crippen molar-refractivity contribution < 1.29 is 22.4 Å². The third kappa shape index (κ3) is 4.28. The first-order valence-corrected chi connectivity index (χ1v) is 11.2. The first-order valence-electron chi connectivity index (χ1n) is 11.2. The largest absolute Gasteiger partial charge is 0.419 e. The quantitative estimate of drug-likeness (QED) is 0.244. The van der Waals surface area contributed by atoms with Crippen molar-refractivity contribution >= 4 is 23.0 Å². The second-order valence-corrected chi connectivity index (χ2v) is 8.44. The Hall–Kier alpha value is -4.27. The lowest BCUT2D eigenvalue weighted by Crippen LogP contribution is -2.42. The molecule has 0 fully saturated rings. The highest BCUT2D eigenvalue weighted by atomic mass is 19.4. The summed E-state index contributed by atoms with van der Waals surface area (Å²) in [5.41, 5.74) is 1.44. The second kappa shape index (κ2) is 9.07. The molecule has 0 radical (unpaired) electrons. The first-order chi connectivity index (χ1) is 17.2. The molecule has 2 heterocycles. The number of fused-ring (bicyclic) bond motifs is 1. The Morgan fingerprint density at radius 3 is 2.14 bits per heavy atom. The summed E-state index contributed by atoms with van der Waals surface area (Å²) >= 11 is 0. The Balaban J connectivity index is 1.59. The molecule has 0 aliphatic carbocycles. The van der Waals surface area contributed by atoms with E-state index in [0.717, 1.165) is 23.3 Å². The Morgan fingerprint density at radius 1 is 0.972 bits per heavy atom. The van der Waals surface area contributed by atoms with Crippen LogP contribution in [0.5, 0.6) is 0 Å². The number of alkyl halides is 3. The molecule has 1 aliphatic rings. The van der Waals surface area contributed by atoms with Crippen LogP contribution in [0.1, 0.15) is 40.1 Å². The van der Waals surface area contributed by atoms with Crippen molar-refractivity contribution in [2.24, 2.45) is 4.99 Å². The number of aromatic nitrogens is 2. The lowest BCUT2D eigenvalue weighted by molar-refractivity contribution is -0.139. The molecular weight excluding hydrogens is 472 g/mol. The van der Waals surface area contributed by atoms with Gasteiger partial charge < -0.3 is 4.90 Å². The second-order valence-electron chi connectivity index (χ2n) is 8.44. The van der Waals surface area contributed by atoms with Gasteiger partial charge in [-0.3, -0.25) is 9.48 Å². The maximum atomic E-state index is 14.3. The number of nitrogens with zero attached hydrogens (tertiary/aromatic N) is 4. The van der Waals surface area contributed by atoms with Crippen LogP contribution in [0.4, 0.5) is 28.9 Å². The fourth-order valence-corrected chi connectivity index (χ4v) is 4.26. The lowest BCUT2D eigenvalue weighted by atomic mass is 10.0. The summed E-state index contributed by atoms with van der Waals surface area (Å²) in [6.07, 6.45) is -3.33. The molecular formula is C27H20F4N4O. The highest BCUT2D eigenvalue weighted by molar-refractivity contribution is 6.15. The fourth-order valence-electron chi connectivity index (χ4n) is 4.26. The van der Waals surface area contributed by atoms with Crippen molar-refractivity contribution in [3.8, 4) is 0 Å². The maximum Gasteiger partial charge on any atom is 0.419 e. The lowest BCUT2D eigenvalue weighted by Gasteiger charge is -2.32. The minimum absolute atomic E-state index is 0.0334. The molecule has 0 N–H and O–H groups in total. The van der Waals surface area contributed by atoms with Crippen LogP contribution in [0.2, 0.25) is 0 Å². The van der Waals surface area contributed by atoms with Gasteiger partial charge in [-0.2, -0.15) is 18.3 Å². The zero-order chi connectivity index (χ0) is 25.4. The molecule has 3 aromatic carbocycles.